The fraction of sp³-hybridized carbons (Fsp3) is 0.250. The van der Waals surface area contributed by atoms with E-state index in [-0.39, 0.29) is 6.61 Å². The molecule has 0 amide bonds. The van der Waals surface area contributed by atoms with Gasteiger partial charge in [-0.15, -0.1) is 0 Å². The predicted molar refractivity (Wildman–Crippen MR) is 57.6 cm³/mol. The lowest BCUT2D eigenvalue weighted by molar-refractivity contribution is -0.0400. The molecule has 0 aliphatic rings. The van der Waals surface area contributed by atoms with Crippen LogP contribution < -0.4 is 0 Å². The molecule has 14 heavy (non-hydrogen) atoms. The minimum Gasteiger partial charge on any atom is -0.303 e. The third-order valence-electron chi connectivity index (χ3n) is 1.33. The molecule has 0 spiro atoms. The highest BCUT2D eigenvalue weighted by Gasteiger charge is 2.29. The Morgan fingerprint density at radius 1 is 1.29 bits per heavy atom. The highest BCUT2D eigenvalue weighted by molar-refractivity contribution is 14.1. The van der Waals surface area contributed by atoms with E-state index in [0.717, 1.165) is 9.13 Å². The van der Waals surface area contributed by atoms with E-state index < -0.39 is 17.6 Å². The molecular weight excluding hydrogens is 328 g/mol. The molecule has 1 rings (SSSR count). The van der Waals surface area contributed by atoms with Crippen molar-refractivity contribution < 1.29 is 17.4 Å². The van der Waals surface area contributed by atoms with Gasteiger partial charge >= 0.3 is 5.51 Å². The van der Waals surface area contributed by atoms with Crippen LogP contribution in [0, 0.1) is 3.57 Å². The summed E-state index contributed by atoms with van der Waals surface area (Å²) in [6, 6.07) is 7.14. The molecule has 0 unspecified atom stereocenters. The van der Waals surface area contributed by atoms with Crippen LogP contribution in [0.1, 0.15) is 5.56 Å². The summed E-state index contributed by atoms with van der Waals surface area (Å²) in [5.74, 6) is 0. The van der Waals surface area contributed by atoms with Gasteiger partial charge in [0.25, 0.3) is 0 Å². The van der Waals surface area contributed by atoms with Gasteiger partial charge in [-0.3, -0.25) is 0 Å². The van der Waals surface area contributed by atoms with Gasteiger partial charge in [0.05, 0.1) is 6.61 Å². The lowest BCUT2D eigenvalue weighted by atomic mass is 10.2. The number of benzene rings is 1. The van der Waals surface area contributed by atoms with Crippen molar-refractivity contribution in [2.75, 3.05) is 0 Å². The quantitative estimate of drug-likeness (QED) is 0.611. The zero-order valence-electron chi connectivity index (χ0n) is 6.84. The standard InChI is InChI=1S/C8H6F3IOS/c9-8(10,11)14-13-5-6-3-1-2-4-7(6)12/h1-4H,5H2. The fourth-order valence-electron chi connectivity index (χ4n) is 0.775. The van der Waals surface area contributed by atoms with Crippen LogP contribution in [0.15, 0.2) is 24.3 Å². The first-order valence-corrected chi connectivity index (χ1v) is 5.42. The Labute approximate surface area is 97.4 Å². The fourth-order valence-corrected chi connectivity index (χ4v) is 1.64. The summed E-state index contributed by atoms with van der Waals surface area (Å²) in [6.45, 7) is -0.0384. The summed E-state index contributed by atoms with van der Waals surface area (Å²) in [6.07, 6.45) is 0. The van der Waals surface area contributed by atoms with Gasteiger partial charge in [0, 0.05) is 3.57 Å². The van der Waals surface area contributed by atoms with E-state index in [1.54, 1.807) is 12.1 Å². The molecule has 0 N–H and O–H groups in total. The third-order valence-corrected chi connectivity index (χ3v) is 2.80. The van der Waals surface area contributed by atoms with E-state index in [2.05, 4.69) is 26.8 Å². The van der Waals surface area contributed by atoms with Crippen molar-refractivity contribution in [2.24, 2.45) is 0 Å². The molecule has 6 heteroatoms. The Hall–Kier alpha value is 0.0500. The minimum atomic E-state index is -4.33. The third kappa shape index (κ3) is 4.52. The highest BCUT2D eigenvalue weighted by Crippen LogP contribution is 2.31. The Morgan fingerprint density at radius 2 is 1.93 bits per heavy atom. The van der Waals surface area contributed by atoms with Crippen LogP contribution in [-0.2, 0) is 10.8 Å². The molecule has 0 aliphatic carbocycles. The molecule has 78 valence electrons. The maximum Gasteiger partial charge on any atom is 0.467 e. The molecule has 0 radical (unpaired) electrons. The first kappa shape index (κ1) is 12.1. The smallest absolute Gasteiger partial charge is 0.303 e. The van der Waals surface area contributed by atoms with Crippen LogP contribution in [0.5, 0.6) is 0 Å². The van der Waals surface area contributed by atoms with Crippen LogP contribution >= 0.6 is 34.6 Å². The average molecular weight is 334 g/mol. The van der Waals surface area contributed by atoms with E-state index in [1.165, 1.54) is 0 Å². The van der Waals surface area contributed by atoms with Gasteiger partial charge < -0.3 is 4.18 Å². The molecule has 0 atom stereocenters. The van der Waals surface area contributed by atoms with Crippen molar-refractivity contribution in [2.45, 2.75) is 12.1 Å². The van der Waals surface area contributed by atoms with Crippen molar-refractivity contribution in [1.29, 1.82) is 0 Å². The first-order chi connectivity index (χ1) is 6.49. The topological polar surface area (TPSA) is 9.23 Å². The van der Waals surface area contributed by atoms with E-state index >= 15 is 0 Å². The lowest BCUT2D eigenvalue weighted by Gasteiger charge is -2.06. The van der Waals surface area contributed by atoms with Crippen LogP contribution in [0.25, 0.3) is 0 Å². The monoisotopic (exact) mass is 334 g/mol. The van der Waals surface area contributed by atoms with Crippen LogP contribution in [0.4, 0.5) is 13.2 Å². The number of hydrogen-bond acceptors (Lipinski definition) is 2. The SMILES string of the molecule is FC(F)(F)SOCc1ccccc1I. The zero-order valence-corrected chi connectivity index (χ0v) is 9.82. The summed E-state index contributed by atoms with van der Waals surface area (Å²) >= 11 is 1.58. The molecule has 0 aromatic heterocycles. The van der Waals surface area contributed by atoms with Gasteiger partial charge in [-0.05, 0) is 34.2 Å². The van der Waals surface area contributed by atoms with E-state index in [4.69, 9.17) is 0 Å². The molecule has 0 bridgehead atoms. The van der Waals surface area contributed by atoms with Crippen molar-refractivity contribution in [1.82, 2.24) is 0 Å². The van der Waals surface area contributed by atoms with Gasteiger partial charge in [-0.25, -0.2) is 0 Å². The summed E-state index contributed by atoms with van der Waals surface area (Å²) in [5.41, 5.74) is -3.58. The molecule has 0 saturated heterocycles. The maximum atomic E-state index is 11.7. The highest BCUT2D eigenvalue weighted by atomic mass is 127. The van der Waals surface area contributed by atoms with Gasteiger partial charge in [-0.2, -0.15) is 13.2 Å². The molecule has 0 heterocycles. The van der Waals surface area contributed by atoms with Crippen LogP contribution in [-0.4, -0.2) is 5.51 Å². The Kier molecular flexibility index (Phi) is 4.52. The molecule has 0 fully saturated rings. The predicted octanol–water partition coefficient (Wildman–Crippen LogP) is 3.98. The summed E-state index contributed by atoms with van der Waals surface area (Å²) in [5, 5.41) is 0. The number of halogens is 4. The van der Waals surface area contributed by atoms with Gasteiger partial charge in [-0.1, -0.05) is 18.2 Å². The Balaban J connectivity index is 2.43. The molecule has 1 aromatic carbocycles. The van der Waals surface area contributed by atoms with Crippen LogP contribution in [0.3, 0.4) is 0 Å². The summed E-state index contributed by atoms with van der Waals surface area (Å²) in [7, 11) is 0. The average Bonchev–Trinajstić information content (AvgIpc) is 2.06. The second-order valence-corrected chi connectivity index (χ2v) is 4.41. The lowest BCUT2D eigenvalue weighted by Crippen LogP contribution is -2.01. The van der Waals surface area contributed by atoms with Gasteiger partial charge in [0.15, 0.2) is 0 Å². The Morgan fingerprint density at radius 3 is 2.50 bits per heavy atom. The summed E-state index contributed by atoms with van der Waals surface area (Å²) in [4.78, 5) is 0. The largest absolute Gasteiger partial charge is 0.467 e. The molecule has 0 saturated carbocycles. The van der Waals surface area contributed by atoms with Gasteiger partial charge in [0.2, 0.25) is 0 Å². The second kappa shape index (κ2) is 5.22. The van der Waals surface area contributed by atoms with E-state index in [1.807, 2.05) is 12.1 Å². The molecular formula is C8H6F3IOS. The van der Waals surface area contributed by atoms with Crippen molar-refractivity contribution in [3.8, 4) is 0 Å². The Bertz CT molecular complexity index is 303. The van der Waals surface area contributed by atoms with Crippen LogP contribution in [0.2, 0.25) is 0 Å². The summed E-state index contributed by atoms with van der Waals surface area (Å²) < 4.78 is 40.4. The second-order valence-electron chi connectivity index (χ2n) is 2.38. The zero-order chi connectivity index (χ0) is 10.6. The van der Waals surface area contributed by atoms with Crippen molar-refractivity contribution in [3.63, 3.8) is 0 Å². The first-order valence-electron chi connectivity index (χ1n) is 3.60. The normalized spacial score (nSPS) is 11.7. The van der Waals surface area contributed by atoms with Gasteiger partial charge in [0.1, 0.15) is 12.0 Å². The number of hydrogen-bond donors (Lipinski definition) is 0. The number of alkyl halides is 3. The maximum absolute atomic E-state index is 11.7. The molecule has 0 aliphatic heterocycles. The minimum absolute atomic E-state index is 0.0384. The van der Waals surface area contributed by atoms with Crippen molar-refractivity contribution >= 4 is 34.6 Å². The molecule has 1 aromatic rings. The van der Waals surface area contributed by atoms with Crippen molar-refractivity contribution in [3.05, 3.63) is 33.4 Å². The molecule has 1 nitrogen and oxygen atoms in total. The van der Waals surface area contributed by atoms with E-state index in [0.29, 0.717) is 0 Å². The number of rotatable bonds is 3. The van der Waals surface area contributed by atoms with E-state index in [9.17, 15) is 13.2 Å².